The first-order valence-electron chi connectivity index (χ1n) is 9.83. The molecule has 0 saturated carbocycles. The molecule has 2 heterocycles. The van der Waals surface area contributed by atoms with Crippen LogP contribution in [0.3, 0.4) is 0 Å². The van der Waals surface area contributed by atoms with E-state index in [9.17, 15) is 9.59 Å². The number of fused-ring (bicyclic) bond motifs is 1. The minimum Gasteiger partial charge on any atom is -0.493 e. The number of hydrogen-bond acceptors (Lipinski definition) is 7. The quantitative estimate of drug-likeness (QED) is 0.631. The molecule has 0 atom stereocenters. The number of aromatic nitrogens is 4. The Kier molecular flexibility index (Phi) is 5.84. The Labute approximate surface area is 184 Å². The number of anilines is 1. The lowest BCUT2D eigenvalue weighted by Crippen LogP contribution is -2.34. The van der Waals surface area contributed by atoms with Gasteiger partial charge in [0.1, 0.15) is 6.54 Å². The van der Waals surface area contributed by atoms with Gasteiger partial charge >= 0.3 is 0 Å². The maximum Gasteiger partial charge on any atom is 0.244 e. The fraction of sp³-hybridized carbons (Fsp3) is 0.227. The van der Waals surface area contributed by atoms with E-state index < -0.39 is 0 Å². The topological polar surface area (TPSA) is 111 Å². The van der Waals surface area contributed by atoms with E-state index in [1.165, 1.54) is 9.70 Å². The Bertz CT molecular complexity index is 1200. The van der Waals surface area contributed by atoms with Crippen molar-refractivity contribution in [2.45, 2.75) is 6.42 Å². The Hall–Kier alpha value is -4.21. The number of benzene rings is 2. The number of aryl methyl sites for hydroxylation is 1. The predicted molar refractivity (Wildman–Crippen MR) is 117 cm³/mol. The van der Waals surface area contributed by atoms with Gasteiger partial charge in [-0.15, -0.1) is 10.2 Å². The fourth-order valence-electron chi connectivity index (χ4n) is 3.39. The molecule has 10 nitrogen and oxygen atoms in total. The van der Waals surface area contributed by atoms with Crippen molar-refractivity contribution in [3.8, 4) is 22.9 Å². The van der Waals surface area contributed by atoms with Crippen molar-refractivity contribution in [3.05, 3.63) is 53.7 Å². The summed E-state index contributed by atoms with van der Waals surface area (Å²) in [5, 5.41) is 14.8. The van der Waals surface area contributed by atoms with Crippen molar-refractivity contribution in [2.75, 3.05) is 26.1 Å². The number of amides is 2. The molecule has 2 aromatic carbocycles. The lowest BCUT2D eigenvalue weighted by atomic mass is 10.0. The first-order chi connectivity index (χ1) is 15.5. The van der Waals surface area contributed by atoms with E-state index in [4.69, 9.17) is 9.47 Å². The molecule has 32 heavy (non-hydrogen) atoms. The van der Waals surface area contributed by atoms with Gasteiger partial charge in [-0.2, -0.15) is 4.80 Å². The summed E-state index contributed by atoms with van der Waals surface area (Å²) >= 11 is 0. The van der Waals surface area contributed by atoms with Gasteiger partial charge in [0, 0.05) is 17.5 Å². The molecular formula is C22H22N6O4. The van der Waals surface area contributed by atoms with E-state index in [1.54, 1.807) is 57.8 Å². The third kappa shape index (κ3) is 4.43. The number of methoxy groups -OCH3 is 2. The monoisotopic (exact) mass is 434 g/mol. The Morgan fingerprint density at radius 2 is 1.94 bits per heavy atom. The number of ether oxygens (including phenoxy) is 2. The average molecular weight is 434 g/mol. The van der Waals surface area contributed by atoms with Crippen LogP contribution in [-0.2, 0) is 23.1 Å². The molecular weight excluding hydrogens is 412 g/mol. The lowest BCUT2D eigenvalue weighted by molar-refractivity contribution is -0.131. The number of rotatable bonds is 6. The molecule has 1 aliphatic rings. The van der Waals surface area contributed by atoms with Gasteiger partial charge in [-0.05, 0) is 46.7 Å². The highest BCUT2D eigenvalue weighted by atomic mass is 16.5. The zero-order valence-corrected chi connectivity index (χ0v) is 17.9. The molecule has 4 rings (SSSR count). The van der Waals surface area contributed by atoms with Crippen LogP contribution in [0.25, 0.3) is 17.5 Å². The molecule has 3 aromatic rings. The van der Waals surface area contributed by atoms with Crippen LogP contribution < -0.4 is 14.8 Å². The molecule has 0 aliphatic carbocycles. The Morgan fingerprint density at radius 3 is 2.66 bits per heavy atom. The molecule has 1 aromatic heterocycles. The normalized spacial score (nSPS) is 12.8. The summed E-state index contributed by atoms with van der Waals surface area (Å²) in [5.41, 5.74) is 2.93. The second kappa shape index (κ2) is 8.88. The standard InChI is InChI=1S/C22H22N6O4/c1-27-25-22(24-26-27)15-5-4-6-17(9-15)23-20(29)13-28-8-7-14-10-18(31-2)19(32-3)11-16(14)12-21(28)30/h4-11H,12-13H2,1-3H3,(H,23,29). The van der Waals surface area contributed by atoms with Crippen LogP contribution in [0.2, 0.25) is 0 Å². The van der Waals surface area contributed by atoms with Crippen molar-refractivity contribution >= 4 is 23.6 Å². The first kappa shape index (κ1) is 21.0. The number of carbonyl (C=O) groups excluding carboxylic acids is 2. The summed E-state index contributed by atoms with van der Waals surface area (Å²) in [5.74, 6) is 1.06. The summed E-state index contributed by atoms with van der Waals surface area (Å²) in [6.45, 7) is -0.120. The fourth-order valence-corrected chi connectivity index (χ4v) is 3.39. The van der Waals surface area contributed by atoms with Crippen LogP contribution in [0.1, 0.15) is 11.1 Å². The van der Waals surface area contributed by atoms with Gasteiger partial charge < -0.3 is 19.7 Å². The molecule has 0 fully saturated rings. The average Bonchev–Trinajstić information content (AvgIpc) is 3.16. The van der Waals surface area contributed by atoms with Crippen molar-refractivity contribution < 1.29 is 19.1 Å². The van der Waals surface area contributed by atoms with Crippen LogP contribution in [-0.4, -0.2) is 57.7 Å². The molecule has 0 radical (unpaired) electrons. The summed E-state index contributed by atoms with van der Waals surface area (Å²) in [4.78, 5) is 28.1. The first-order valence-corrected chi connectivity index (χ1v) is 9.83. The number of tetrazole rings is 1. The summed E-state index contributed by atoms with van der Waals surface area (Å²) in [6, 6.07) is 10.7. The molecule has 0 saturated heterocycles. The van der Waals surface area contributed by atoms with Crippen LogP contribution in [0.15, 0.2) is 42.6 Å². The van der Waals surface area contributed by atoms with Crippen molar-refractivity contribution in [2.24, 2.45) is 7.05 Å². The van der Waals surface area contributed by atoms with Gasteiger partial charge in [-0.3, -0.25) is 9.59 Å². The van der Waals surface area contributed by atoms with E-state index in [0.29, 0.717) is 23.0 Å². The summed E-state index contributed by atoms with van der Waals surface area (Å²) in [6.07, 6.45) is 3.54. The maximum absolute atomic E-state index is 12.8. The third-order valence-electron chi connectivity index (χ3n) is 4.97. The van der Waals surface area contributed by atoms with Gasteiger partial charge in [0.25, 0.3) is 0 Å². The van der Waals surface area contributed by atoms with E-state index in [-0.39, 0.29) is 24.8 Å². The SMILES string of the molecule is COc1cc2c(cc1OC)CC(=O)N(CC(=O)Nc1cccc(-c3nnn(C)n3)c1)C=C2. The number of nitrogens with zero attached hydrogens (tertiary/aromatic N) is 5. The molecule has 1 N–H and O–H groups in total. The predicted octanol–water partition coefficient (Wildman–Crippen LogP) is 1.89. The molecule has 2 amide bonds. The van der Waals surface area contributed by atoms with Crippen LogP contribution in [0.5, 0.6) is 11.5 Å². The van der Waals surface area contributed by atoms with Crippen LogP contribution in [0, 0.1) is 0 Å². The summed E-state index contributed by atoms with van der Waals surface area (Å²) < 4.78 is 10.7. The zero-order chi connectivity index (χ0) is 22.7. The van der Waals surface area contributed by atoms with E-state index in [2.05, 4.69) is 20.7 Å². The molecule has 164 valence electrons. The highest BCUT2D eigenvalue weighted by molar-refractivity contribution is 5.96. The third-order valence-corrected chi connectivity index (χ3v) is 4.97. The Morgan fingerprint density at radius 1 is 1.16 bits per heavy atom. The molecule has 0 unspecified atom stereocenters. The minimum absolute atomic E-state index is 0.120. The second-order valence-corrected chi connectivity index (χ2v) is 7.15. The highest BCUT2D eigenvalue weighted by Gasteiger charge is 2.21. The largest absolute Gasteiger partial charge is 0.493 e. The molecule has 0 bridgehead atoms. The molecule has 1 aliphatic heterocycles. The number of hydrogen-bond donors (Lipinski definition) is 1. The second-order valence-electron chi connectivity index (χ2n) is 7.15. The molecule has 10 heteroatoms. The van der Waals surface area contributed by atoms with Crippen LogP contribution >= 0.6 is 0 Å². The number of nitrogens with one attached hydrogen (secondary N) is 1. The van der Waals surface area contributed by atoms with Crippen LogP contribution in [0.4, 0.5) is 5.69 Å². The lowest BCUT2D eigenvalue weighted by Gasteiger charge is -2.17. The highest BCUT2D eigenvalue weighted by Crippen LogP contribution is 2.32. The van der Waals surface area contributed by atoms with Crippen molar-refractivity contribution in [1.29, 1.82) is 0 Å². The van der Waals surface area contributed by atoms with E-state index >= 15 is 0 Å². The zero-order valence-electron chi connectivity index (χ0n) is 17.9. The van der Waals surface area contributed by atoms with E-state index in [0.717, 1.165) is 16.7 Å². The summed E-state index contributed by atoms with van der Waals surface area (Å²) in [7, 11) is 4.78. The molecule has 0 spiro atoms. The van der Waals surface area contributed by atoms with E-state index in [1.807, 2.05) is 12.1 Å². The van der Waals surface area contributed by atoms with Gasteiger partial charge in [0.05, 0.1) is 27.7 Å². The van der Waals surface area contributed by atoms with Crippen molar-refractivity contribution in [1.82, 2.24) is 25.1 Å². The number of carbonyl (C=O) groups is 2. The van der Waals surface area contributed by atoms with Gasteiger partial charge in [0.15, 0.2) is 11.5 Å². The van der Waals surface area contributed by atoms with Gasteiger partial charge in [0.2, 0.25) is 17.6 Å². The Balaban J connectivity index is 1.46. The minimum atomic E-state index is -0.326. The van der Waals surface area contributed by atoms with Gasteiger partial charge in [-0.1, -0.05) is 12.1 Å². The van der Waals surface area contributed by atoms with Gasteiger partial charge in [-0.25, -0.2) is 0 Å². The maximum atomic E-state index is 12.8. The van der Waals surface area contributed by atoms with Crippen molar-refractivity contribution in [3.63, 3.8) is 0 Å². The smallest absolute Gasteiger partial charge is 0.244 e.